The molecule has 0 atom stereocenters. The Morgan fingerprint density at radius 2 is 0.779 bits per heavy atom. The van der Waals surface area contributed by atoms with Crippen LogP contribution in [0.1, 0.15) is 121 Å². The van der Waals surface area contributed by atoms with Gasteiger partial charge in [0.05, 0.1) is 70.9 Å². The van der Waals surface area contributed by atoms with Crippen LogP contribution in [0.3, 0.4) is 0 Å². The highest BCUT2D eigenvalue weighted by atomic mass is 35.5. The number of nitrogens with two attached hydrogens (primary N) is 1. The Balaban J connectivity index is -0.000000844. The number of Topliss-reactive ketones (excluding diaryl/α,β-unsaturated/α-hetero) is 2. The van der Waals surface area contributed by atoms with E-state index < -0.39 is 138 Å². The average molecular weight is 2220 g/mol. The number of ketones is 2. The smallest absolute Gasteiger partial charge is 0.450 e. The van der Waals surface area contributed by atoms with Gasteiger partial charge in [-0.3, -0.25) is 33.3 Å². The van der Waals surface area contributed by atoms with Gasteiger partial charge in [0.15, 0.2) is 57.6 Å². The van der Waals surface area contributed by atoms with Crippen LogP contribution in [-0.4, -0.2) is 155 Å². The summed E-state index contributed by atoms with van der Waals surface area (Å²) in [5.41, 5.74) is -6.12. The first kappa shape index (κ1) is 138. The van der Waals surface area contributed by atoms with Crippen LogP contribution in [0, 0.1) is 23.3 Å². The molecule has 10 aromatic rings. The third kappa shape index (κ3) is 44.7. The molecular formula is C85H81B4Cl8F13N10O25. The predicted octanol–water partition coefficient (Wildman–Crippen LogP) is 19.4. The lowest BCUT2D eigenvalue weighted by molar-refractivity contribution is -0.193. The molecule has 10 rings (SSSR count). The fourth-order valence-electron chi connectivity index (χ4n) is 9.47. The fraction of sp³-hybridized carbons (Fsp3) is 0.294. The normalized spacial score (nSPS) is 9.90. The number of H-pyrrole nitrogens is 1. The summed E-state index contributed by atoms with van der Waals surface area (Å²) in [6.07, 6.45) is -7.80. The molecule has 0 saturated carbocycles. The van der Waals surface area contributed by atoms with Gasteiger partial charge in [0.2, 0.25) is 11.7 Å². The Bertz CT molecular complexity index is 6280. The highest BCUT2D eigenvalue weighted by Crippen LogP contribution is 2.48. The van der Waals surface area contributed by atoms with Crippen LogP contribution in [0.5, 0.6) is 69.5 Å². The van der Waals surface area contributed by atoms with Crippen LogP contribution < -0.4 is 71.4 Å². The Hall–Kier alpha value is -13.5. The number of nitrogens with zero attached hydrogens (tertiary/aromatic N) is 7. The minimum atomic E-state index is -5.21. The number of alkyl halides is 9. The van der Waals surface area contributed by atoms with E-state index in [0.717, 1.165) is 25.6 Å². The minimum Gasteiger partial charge on any atom is -0.475 e. The van der Waals surface area contributed by atoms with Crippen molar-refractivity contribution < 1.29 is 157 Å². The summed E-state index contributed by atoms with van der Waals surface area (Å²) < 4.78 is 221. The Morgan fingerprint density at radius 3 is 1.08 bits per heavy atom. The van der Waals surface area contributed by atoms with E-state index in [1.807, 2.05) is 33.0 Å². The number of halogens is 21. The molecule has 6 radical (unpaired) electrons. The molecule has 0 unspecified atom stereocenters. The first-order valence-electron chi connectivity index (χ1n) is 38.3. The van der Waals surface area contributed by atoms with Crippen molar-refractivity contribution in [2.24, 2.45) is 7.05 Å². The number of hydrogen-bond donors (Lipinski definition) is 3. The van der Waals surface area contributed by atoms with Crippen LogP contribution in [0.2, 0.25) is 40.2 Å². The maximum absolute atomic E-state index is 14.8. The summed E-state index contributed by atoms with van der Waals surface area (Å²) in [7, 11) is 14.8. The van der Waals surface area contributed by atoms with Gasteiger partial charge < -0.3 is 58.7 Å². The van der Waals surface area contributed by atoms with Gasteiger partial charge in [-0.05, 0) is 112 Å². The molecule has 6 aromatic heterocycles. The van der Waals surface area contributed by atoms with Gasteiger partial charge in [0.1, 0.15) is 66.7 Å². The molecule has 0 aliphatic carbocycles. The first-order chi connectivity index (χ1) is 66.1. The van der Waals surface area contributed by atoms with E-state index in [9.17, 15) is 95.4 Å². The van der Waals surface area contributed by atoms with Crippen LogP contribution in [0.25, 0.3) is 11.4 Å². The quantitative estimate of drug-likeness (QED) is 0.0135. The van der Waals surface area contributed by atoms with Crippen molar-refractivity contribution >= 4 is 182 Å². The predicted molar refractivity (Wildman–Crippen MR) is 504 cm³/mol. The summed E-state index contributed by atoms with van der Waals surface area (Å²) in [4.78, 5) is 175. The summed E-state index contributed by atoms with van der Waals surface area (Å²) in [5.74, 6) is -8.59. The van der Waals surface area contributed by atoms with Crippen molar-refractivity contribution in [3.8, 4) is 80.9 Å². The topological polar surface area (TPSA) is 476 Å². The van der Waals surface area contributed by atoms with Gasteiger partial charge in [-0.2, -0.15) is 77.9 Å². The molecule has 60 heteroatoms. The van der Waals surface area contributed by atoms with E-state index in [1.54, 1.807) is 25.3 Å². The average Bonchev–Trinajstić information content (AvgIpc) is 0.748. The van der Waals surface area contributed by atoms with Crippen LogP contribution in [0.15, 0.2) is 129 Å². The number of anilines is 2. The van der Waals surface area contributed by atoms with Crippen molar-refractivity contribution in [3.05, 3.63) is 226 Å². The number of pyridine rings is 4. The molecule has 0 aliphatic rings. The molecule has 0 spiro atoms. The van der Waals surface area contributed by atoms with Crippen molar-refractivity contribution in [1.82, 2.24) is 38.6 Å². The number of ether oxygens (including phenoxy) is 9. The Kier molecular flexibility index (Phi) is 65.3. The van der Waals surface area contributed by atoms with Gasteiger partial charge >= 0.3 is 60.5 Å². The molecular weight excluding hydrogens is 2130 g/mol. The van der Waals surface area contributed by atoms with E-state index in [-0.39, 0.29) is 181 Å². The zero-order valence-corrected chi connectivity index (χ0v) is 78.9. The number of esters is 1. The maximum atomic E-state index is 14.8. The second kappa shape index (κ2) is 68.7. The number of amides is 1. The summed E-state index contributed by atoms with van der Waals surface area (Å²) >= 11 is 48.5. The van der Waals surface area contributed by atoms with Gasteiger partial charge in [-0.25, -0.2) is 56.2 Å². The van der Waals surface area contributed by atoms with Crippen molar-refractivity contribution in [1.29, 1.82) is 0 Å². The van der Waals surface area contributed by atoms with Crippen molar-refractivity contribution in [2.45, 2.75) is 128 Å². The van der Waals surface area contributed by atoms with E-state index in [4.69, 9.17) is 175 Å². The number of carbonyl (C=O) groups excluding carboxylic acids is 12. The van der Waals surface area contributed by atoms with E-state index >= 15 is 0 Å². The second-order valence-corrected chi connectivity index (χ2v) is 28.5. The monoisotopic (exact) mass is 2210 g/mol. The molecule has 0 fully saturated rings. The molecule has 6 heterocycles. The molecule has 0 saturated heterocycles. The van der Waals surface area contributed by atoms with Gasteiger partial charge in [-0.1, -0.05) is 150 Å². The third-order valence-electron chi connectivity index (χ3n) is 15.0. The number of benzene rings is 4. The van der Waals surface area contributed by atoms with Crippen LogP contribution >= 0.6 is 92.8 Å². The highest BCUT2D eigenvalue weighted by Gasteiger charge is 2.41. The van der Waals surface area contributed by atoms with E-state index in [2.05, 4.69) is 47.9 Å². The number of nitrogens with one attached hydrogen (secondary N) is 2. The molecule has 780 valence electrons. The lowest BCUT2D eigenvalue weighted by atomic mass is 9.08. The SMILES string of the molecule is C.C.C.C.CCCOc1ncccc1Oc1c(Cl)cc(F)c(-n2c(=O)cc(C(F)(F)F)[nH]c2=O)c1Cl.CCCOc1ncccc1Oc1c(Cl)cc(F)c(-n2c(=O)cc(C(F)(F)F)n(C)c2=O)c1Cl.CCCOc1ncccc1Oc1c(Cl)cc(F)c(N)c1Cl.CCCOc1ncccc1Oc1c(Cl)cc(F)c(NC(=O)CC(=O)C(F)(F)F)c1Cl.CCOC(=O)CC(C)=O.O=C=O.O=C=O.O=C=O.O=C=O.[B]B([B])[B]. The molecule has 4 aromatic carbocycles. The van der Waals surface area contributed by atoms with Gasteiger partial charge in [0, 0.05) is 73.6 Å². The molecule has 1 amide bonds. The molecule has 4 N–H and O–H groups in total. The highest BCUT2D eigenvalue weighted by molar-refractivity contribution is 7.49. The number of aromatic nitrogens is 8. The number of hydrogen-bond acceptors (Lipinski definition) is 30. The second-order valence-electron chi connectivity index (χ2n) is 25.4. The molecule has 145 heavy (non-hydrogen) atoms. The van der Waals surface area contributed by atoms with E-state index in [1.165, 1.54) is 66.9 Å². The maximum Gasteiger partial charge on any atom is 0.450 e. The summed E-state index contributed by atoms with van der Waals surface area (Å²) in [6.45, 7) is 12.4. The Morgan fingerprint density at radius 1 is 0.469 bits per heavy atom. The number of carbonyl (C=O) groups is 4. The van der Waals surface area contributed by atoms with Crippen molar-refractivity contribution in [3.63, 3.8) is 0 Å². The van der Waals surface area contributed by atoms with Crippen LogP contribution in [0.4, 0.5) is 68.5 Å². The Labute approximate surface area is 859 Å². The molecule has 0 aliphatic heterocycles. The fourth-order valence-corrected chi connectivity index (χ4v) is 11.7. The zero-order chi connectivity index (χ0) is 108. The number of rotatable bonds is 28. The summed E-state index contributed by atoms with van der Waals surface area (Å²) in [6, 6.07) is 15.7. The lowest BCUT2D eigenvalue weighted by Gasteiger charge is -2.18. The summed E-state index contributed by atoms with van der Waals surface area (Å²) in [5, 5.41) is -0.983. The minimum absolute atomic E-state index is 0. The zero-order valence-electron chi connectivity index (χ0n) is 72.8. The standard InChI is InChI=1S/C20H15Cl2F4N3O4.C19H13Cl2F4N3O4.C18H14Cl2F4N2O4.C14H13Cl2FN2O2.C6H10O3.4CO2.4CH4.B4/c1-3-7-32-18-12(5-4-6-27-18)33-17-10(21)8-11(23)16(15(17)22)29-14(30)9-13(20(24,25)26)28(2)19(29)31;1-2-6-31-17-11(4-3-5-26-17)32-16-9(20)7-10(22)15(14(16)21)28-13(29)8-12(19(23,24)25)27-18(28)30;1-2-6-29-17-11(4-3-5-25-17)30-16-9(19)7-10(21)15(14(16)20)26-13(28)8-12(27)18(22,23)24;1-2-6-20-14-10(4-3-5-19-14)21-13-8(15)7-9(17)12(18)11(13)16;1-3-9-6(8)4-5(2)7;4*2-1-3;;;;;1-4(2)3/h4-6,8-9H,3,7H2,1-2H3;3-5,7-8H,2,6H2,1H3,(H,27,30);3-5,7H,2,6,8H2,1H3,(H,26,28);3-5,7H,2,6,18H2,1H3;3-4H2,1-2H3;;;;;4*1H4;. The van der Waals surface area contributed by atoms with Gasteiger partial charge in [0.25, 0.3) is 34.6 Å². The largest absolute Gasteiger partial charge is 0.475 e. The van der Waals surface area contributed by atoms with Gasteiger partial charge in [-0.15, -0.1) is 0 Å². The van der Waals surface area contributed by atoms with E-state index in [0.29, 0.717) is 76.1 Å². The molecule has 0 bridgehead atoms. The lowest BCUT2D eigenvalue weighted by Crippen LogP contribution is -2.41. The van der Waals surface area contributed by atoms with Crippen molar-refractivity contribution in [2.75, 3.05) is 44.1 Å². The number of aromatic amines is 1. The first-order valence-corrected chi connectivity index (χ1v) is 41.3. The molecule has 35 nitrogen and oxygen atoms in total. The number of nitrogen functional groups attached to an aromatic ring is 1. The van der Waals surface area contributed by atoms with Crippen LogP contribution in [-0.2, 0) is 81.7 Å². The third-order valence-corrected chi connectivity index (χ3v) is 17.5.